The van der Waals surface area contributed by atoms with Crippen LogP contribution in [0, 0.1) is 12.3 Å². The molecule has 0 amide bonds. The molecule has 6 nitrogen and oxygen atoms in total. The van der Waals surface area contributed by atoms with Gasteiger partial charge in [-0.1, -0.05) is 5.92 Å². The zero-order chi connectivity index (χ0) is 15.2. The fourth-order valence-corrected chi connectivity index (χ4v) is 1.98. The van der Waals surface area contributed by atoms with Gasteiger partial charge in [0, 0.05) is 12.3 Å². The Bertz CT molecular complexity index is 631. The lowest BCUT2D eigenvalue weighted by Gasteiger charge is -2.12. The Hall–Kier alpha value is -2.20. The van der Waals surface area contributed by atoms with Crippen molar-refractivity contribution in [3.05, 3.63) is 18.2 Å². The number of anilines is 1. The first-order chi connectivity index (χ1) is 9.38. The third kappa shape index (κ3) is 4.48. The molecule has 0 atom stereocenters. The zero-order valence-electron chi connectivity index (χ0n) is 11.2. The normalized spacial score (nSPS) is 10.4. The van der Waals surface area contributed by atoms with Crippen molar-refractivity contribution in [2.45, 2.75) is 4.90 Å². The van der Waals surface area contributed by atoms with Crippen molar-refractivity contribution in [1.82, 2.24) is 0 Å². The number of terminal acetylenes is 1. The van der Waals surface area contributed by atoms with E-state index in [9.17, 15) is 13.2 Å². The van der Waals surface area contributed by atoms with Gasteiger partial charge in [-0.3, -0.25) is 0 Å². The highest BCUT2D eigenvalue weighted by Crippen LogP contribution is 2.27. The van der Waals surface area contributed by atoms with Crippen LogP contribution in [0.1, 0.15) is 0 Å². The molecule has 0 unspecified atom stereocenters. The Morgan fingerprint density at radius 2 is 2.15 bits per heavy atom. The van der Waals surface area contributed by atoms with Gasteiger partial charge in [-0.2, -0.15) is 0 Å². The second-order valence-electron chi connectivity index (χ2n) is 3.85. The summed E-state index contributed by atoms with van der Waals surface area (Å²) < 4.78 is 32.7. The highest BCUT2D eigenvalue weighted by atomic mass is 32.2. The van der Waals surface area contributed by atoms with Gasteiger partial charge in [0.05, 0.1) is 24.2 Å². The van der Waals surface area contributed by atoms with Gasteiger partial charge < -0.3 is 14.8 Å². The lowest BCUT2D eigenvalue weighted by Crippen LogP contribution is -2.14. The number of esters is 1. The van der Waals surface area contributed by atoms with Gasteiger partial charge >= 0.3 is 5.97 Å². The molecule has 0 aliphatic carbocycles. The van der Waals surface area contributed by atoms with E-state index in [0.29, 0.717) is 5.69 Å². The van der Waals surface area contributed by atoms with Gasteiger partial charge in [-0.15, -0.1) is 6.42 Å². The van der Waals surface area contributed by atoms with Crippen LogP contribution in [0.15, 0.2) is 23.1 Å². The van der Waals surface area contributed by atoms with E-state index < -0.39 is 15.8 Å². The minimum atomic E-state index is -3.37. The van der Waals surface area contributed by atoms with E-state index in [4.69, 9.17) is 11.2 Å². The fourth-order valence-electron chi connectivity index (χ4n) is 1.34. The highest BCUT2D eigenvalue weighted by Gasteiger charge is 2.13. The van der Waals surface area contributed by atoms with E-state index >= 15 is 0 Å². The standard InChI is InChI=1S/C13H15NO5S/c1-4-7-14-11-6-5-10(20(3,16)17)8-12(11)19-9-13(15)18-2/h1,5-6,8,14H,7,9H2,2-3H3. The third-order valence-corrected chi connectivity index (χ3v) is 3.45. The van der Waals surface area contributed by atoms with Crippen molar-refractivity contribution in [3.8, 4) is 18.1 Å². The first kappa shape index (κ1) is 15.9. The van der Waals surface area contributed by atoms with E-state index in [0.717, 1.165) is 6.26 Å². The molecule has 7 heteroatoms. The summed E-state index contributed by atoms with van der Waals surface area (Å²) in [4.78, 5) is 11.2. The van der Waals surface area contributed by atoms with Crippen LogP contribution < -0.4 is 10.1 Å². The second kappa shape index (κ2) is 6.82. The van der Waals surface area contributed by atoms with Crippen molar-refractivity contribution < 1.29 is 22.7 Å². The molecule has 108 valence electrons. The summed E-state index contributed by atoms with van der Waals surface area (Å²) >= 11 is 0. The van der Waals surface area contributed by atoms with Crippen LogP contribution in [-0.4, -0.2) is 40.9 Å². The molecule has 0 bridgehead atoms. The maximum Gasteiger partial charge on any atom is 0.343 e. The van der Waals surface area contributed by atoms with Gasteiger partial charge in [-0.25, -0.2) is 13.2 Å². The topological polar surface area (TPSA) is 81.7 Å². The van der Waals surface area contributed by atoms with Crippen molar-refractivity contribution in [2.24, 2.45) is 0 Å². The Labute approximate surface area is 118 Å². The average Bonchev–Trinajstić information content (AvgIpc) is 2.41. The van der Waals surface area contributed by atoms with Gasteiger partial charge in [0.25, 0.3) is 0 Å². The molecule has 1 aromatic carbocycles. The van der Waals surface area contributed by atoms with Gasteiger partial charge in [0.1, 0.15) is 5.75 Å². The first-order valence-electron chi connectivity index (χ1n) is 5.59. The molecule has 0 heterocycles. The molecule has 0 radical (unpaired) electrons. The smallest absolute Gasteiger partial charge is 0.343 e. The molecular formula is C13H15NO5S. The van der Waals surface area contributed by atoms with E-state index in [1.165, 1.54) is 25.3 Å². The third-order valence-electron chi connectivity index (χ3n) is 2.34. The Morgan fingerprint density at radius 1 is 1.45 bits per heavy atom. The highest BCUT2D eigenvalue weighted by molar-refractivity contribution is 7.90. The Kier molecular flexibility index (Phi) is 5.41. The minimum Gasteiger partial charge on any atom is -0.480 e. The summed E-state index contributed by atoms with van der Waals surface area (Å²) in [6.07, 6.45) is 6.23. The zero-order valence-corrected chi connectivity index (χ0v) is 12.0. The van der Waals surface area contributed by atoms with Crippen LogP contribution in [0.5, 0.6) is 5.75 Å². The predicted molar refractivity (Wildman–Crippen MR) is 74.4 cm³/mol. The van der Waals surface area contributed by atoms with Gasteiger partial charge in [-0.05, 0) is 12.1 Å². The van der Waals surface area contributed by atoms with Crippen molar-refractivity contribution >= 4 is 21.5 Å². The van der Waals surface area contributed by atoms with E-state index in [1.54, 1.807) is 0 Å². The van der Waals surface area contributed by atoms with E-state index in [-0.39, 0.29) is 23.8 Å². The van der Waals surface area contributed by atoms with E-state index in [1.807, 2.05) is 0 Å². The van der Waals surface area contributed by atoms with Gasteiger partial charge in [0.15, 0.2) is 16.4 Å². The molecular weight excluding hydrogens is 282 g/mol. The number of sulfone groups is 1. The number of carbonyl (C=O) groups is 1. The molecule has 0 saturated carbocycles. The maximum absolute atomic E-state index is 11.5. The molecule has 0 saturated heterocycles. The van der Waals surface area contributed by atoms with E-state index in [2.05, 4.69) is 16.0 Å². The molecule has 1 rings (SSSR count). The number of ether oxygens (including phenoxy) is 2. The quantitative estimate of drug-likeness (QED) is 0.614. The number of benzene rings is 1. The van der Waals surface area contributed by atoms with Crippen LogP contribution in [0.4, 0.5) is 5.69 Å². The summed E-state index contributed by atoms with van der Waals surface area (Å²) in [6.45, 7) is -0.0821. The van der Waals surface area contributed by atoms with Crippen LogP contribution in [0.3, 0.4) is 0 Å². The van der Waals surface area contributed by atoms with Gasteiger partial charge in [0.2, 0.25) is 0 Å². The van der Waals surface area contributed by atoms with Crippen molar-refractivity contribution in [1.29, 1.82) is 0 Å². The van der Waals surface area contributed by atoms with Crippen LogP contribution in [-0.2, 0) is 19.4 Å². The summed E-state index contributed by atoms with van der Waals surface area (Å²) in [5, 5.41) is 2.88. The predicted octanol–water partition coefficient (Wildman–Crippen LogP) is 0.687. The number of nitrogens with one attached hydrogen (secondary N) is 1. The molecule has 1 aromatic rings. The summed E-state index contributed by atoms with van der Waals surface area (Å²) in [5.74, 6) is 2.03. The number of hydrogen-bond donors (Lipinski definition) is 1. The van der Waals surface area contributed by atoms with Crippen LogP contribution in [0.25, 0.3) is 0 Å². The Balaban J connectivity index is 3.06. The van der Waals surface area contributed by atoms with Crippen molar-refractivity contribution in [3.63, 3.8) is 0 Å². The van der Waals surface area contributed by atoms with Crippen molar-refractivity contribution in [2.75, 3.05) is 31.8 Å². The molecule has 1 N–H and O–H groups in total. The monoisotopic (exact) mass is 297 g/mol. The SMILES string of the molecule is C#CCNc1ccc(S(C)(=O)=O)cc1OCC(=O)OC. The lowest BCUT2D eigenvalue weighted by atomic mass is 10.3. The minimum absolute atomic E-state index is 0.0867. The fraction of sp³-hybridized carbons (Fsp3) is 0.308. The number of hydrogen-bond acceptors (Lipinski definition) is 6. The van der Waals surface area contributed by atoms with Crippen LogP contribution in [0.2, 0.25) is 0 Å². The molecule has 0 fully saturated rings. The first-order valence-corrected chi connectivity index (χ1v) is 7.48. The second-order valence-corrected chi connectivity index (χ2v) is 5.87. The molecule has 20 heavy (non-hydrogen) atoms. The summed E-state index contributed by atoms with van der Waals surface area (Å²) in [7, 11) is -2.14. The molecule has 0 aliphatic heterocycles. The molecule has 0 aliphatic rings. The van der Waals surface area contributed by atoms with Crippen LogP contribution >= 0.6 is 0 Å². The average molecular weight is 297 g/mol. The summed E-state index contributed by atoms with van der Waals surface area (Å²) in [5.41, 5.74) is 0.499. The number of carbonyl (C=O) groups excluding carboxylic acids is 1. The largest absolute Gasteiger partial charge is 0.480 e. The molecule has 0 aromatic heterocycles. The Morgan fingerprint density at radius 3 is 2.70 bits per heavy atom. The lowest BCUT2D eigenvalue weighted by molar-refractivity contribution is -0.142. The maximum atomic E-state index is 11.5. The summed E-state index contributed by atoms with van der Waals surface area (Å²) in [6, 6.07) is 4.29. The number of rotatable bonds is 6. The number of methoxy groups -OCH3 is 1. The molecule has 0 spiro atoms.